The summed E-state index contributed by atoms with van der Waals surface area (Å²) in [6.45, 7) is -1.73. The number of nitrogens with two attached hydrogens (primary N) is 1. The van der Waals surface area contributed by atoms with E-state index >= 15 is 4.39 Å². The van der Waals surface area contributed by atoms with Gasteiger partial charge >= 0.3 is 17.9 Å². The van der Waals surface area contributed by atoms with Crippen molar-refractivity contribution in [2.45, 2.75) is 30.0 Å². The minimum Gasteiger partial charge on any atom is -0.479 e. The average molecular weight is 558 g/mol. The topological polar surface area (TPSA) is 220 Å². The van der Waals surface area contributed by atoms with Crippen molar-refractivity contribution in [3.8, 4) is 0 Å². The maximum Gasteiger partial charge on any atom is 0.348 e. The van der Waals surface area contributed by atoms with E-state index in [-0.39, 0.29) is 27.8 Å². The van der Waals surface area contributed by atoms with Crippen molar-refractivity contribution < 1.29 is 53.1 Å². The minimum absolute atomic E-state index is 0.0183. The Bertz CT molecular complexity index is 1440. The van der Waals surface area contributed by atoms with E-state index in [1.165, 1.54) is 0 Å². The molecule has 1 saturated heterocycles. The first-order valence-corrected chi connectivity index (χ1v) is 11.0. The first-order chi connectivity index (χ1) is 17.8. The average Bonchev–Trinajstić information content (AvgIpc) is 3.38. The SMILES string of the molecule is Nc1nc(Cl)nc2c1ncn2[C@@]1(F)CO[C@H](COC(Cc2ccc(C(=O)O)c(F)c2)(C(=O)O)C(=O)O)[C@H]1O. The van der Waals surface area contributed by atoms with E-state index in [0.29, 0.717) is 6.07 Å². The molecule has 6 N–H and O–H groups in total. The molecule has 1 aliphatic rings. The number of carbonyl (C=O) groups is 3. The third kappa shape index (κ3) is 4.47. The highest BCUT2D eigenvalue weighted by molar-refractivity contribution is 6.28. The predicted molar refractivity (Wildman–Crippen MR) is 121 cm³/mol. The monoisotopic (exact) mass is 557 g/mol. The van der Waals surface area contributed by atoms with E-state index in [0.717, 1.165) is 23.0 Å². The van der Waals surface area contributed by atoms with Gasteiger partial charge in [-0.25, -0.2) is 28.1 Å². The van der Waals surface area contributed by atoms with Gasteiger partial charge in [-0.3, -0.25) is 4.57 Å². The molecular formula is C21H18ClF2N5O9. The lowest BCUT2D eigenvalue weighted by Crippen LogP contribution is -2.53. The predicted octanol–water partition coefficient (Wildman–Crippen LogP) is 0.448. The van der Waals surface area contributed by atoms with Gasteiger partial charge in [0.25, 0.3) is 5.60 Å². The van der Waals surface area contributed by atoms with Crippen LogP contribution in [0.2, 0.25) is 5.28 Å². The third-order valence-electron chi connectivity index (χ3n) is 6.00. The van der Waals surface area contributed by atoms with Crippen LogP contribution >= 0.6 is 11.6 Å². The normalized spacial score (nSPS) is 21.6. The third-order valence-corrected chi connectivity index (χ3v) is 6.17. The number of carboxylic acid groups (broad SMARTS) is 3. The summed E-state index contributed by atoms with van der Waals surface area (Å²) in [5, 5.41) is 38.8. The van der Waals surface area contributed by atoms with Crippen LogP contribution < -0.4 is 5.73 Å². The number of alkyl halides is 1. The molecule has 14 nitrogen and oxygen atoms in total. The summed E-state index contributed by atoms with van der Waals surface area (Å²) in [5.41, 5.74) is 1.56. The van der Waals surface area contributed by atoms with Gasteiger partial charge in [0.05, 0.1) is 18.5 Å². The maximum atomic E-state index is 16.0. The summed E-state index contributed by atoms with van der Waals surface area (Å²) in [5.74, 6) is -9.68. The zero-order valence-electron chi connectivity index (χ0n) is 18.9. The molecule has 3 atom stereocenters. The fourth-order valence-electron chi connectivity index (χ4n) is 3.97. The second-order valence-corrected chi connectivity index (χ2v) is 8.66. The highest BCUT2D eigenvalue weighted by Crippen LogP contribution is 2.37. The minimum atomic E-state index is -3.03. The molecule has 17 heteroatoms. The summed E-state index contributed by atoms with van der Waals surface area (Å²) >= 11 is 5.79. The molecule has 202 valence electrons. The number of aliphatic carboxylic acids is 2. The molecule has 4 rings (SSSR count). The molecular weight excluding hydrogens is 540 g/mol. The summed E-state index contributed by atoms with van der Waals surface area (Å²) in [4.78, 5) is 46.5. The van der Waals surface area contributed by atoms with E-state index in [2.05, 4.69) is 15.0 Å². The van der Waals surface area contributed by atoms with Gasteiger partial charge in [-0.1, -0.05) is 6.07 Å². The number of nitrogen functional groups attached to an aromatic ring is 1. The maximum absolute atomic E-state index is 16.0. The highest BCUT2D eigenvalue weighted by Gasteiger charge is 2.55. The van der Waals surface area contributed by atoms with Gasteiger partial charge in [-0.2, -0.15) is 9.97 Å². The number of hydrogen-bond acceptors (Lipinski definition) is 10. The van der Waals surface area contributed by atoms with Crippen LogP contribution in [0.3, 0.4) is 0 Å². The Kier molecular flexibility index (Phi) is 6.92. The molecule has 0 bridgehead atoms. The number of aliphatic hydroxyl groups excluding tert-OH is 1. The number of nitrogens with zero attached hydrogens (tertiary/aromatic N) is 4. The Morgan fingerprint density at radius 2 is 1.95 bits per heavy atom. The Morgan fingerprint density at radius 3 is 2.55 bits per heavy atom. The summed E-state index contributed by atoms with van der Waals surface area (Å²) in [6, 6.07) is 2.51. The number of carboxylic acids is 3. The smallest absolute Gasteiger partial charge is 0.348 e. The zero-order chi connectivity index (χ0) is 28.0. The Morgan fingerprint density at radius 1 is 1.26 bits per heavy atom. The molecule has 3 heterocycles. The number of aromatic nitrogens is 4. The van der Waals surface area contributed by atoms with Gasteiger partial charge < -0.3 is 35.6 Å². The van der Waals surface area contributed by atoms with E-state index in [1.54, 1.807) is 0 Å². The number of halogens is 3. The van der Waals surface area contributed by atoms with Crippen LogP contribution in [-0.2, 0) is 31.3 Å². The lowest BCUT2D eigenvalue weighted by Gasteiger charge is -2.29. The number of rotatable bonds is 9. The molecule has 38 heavy (non-hydrogen) atoms. The van der Waals surface area contributed by atoms with Crippen molar-refractivity contribution in [3.63, 3.8) is 0 Å². The number of ether oxygens (including phenoxy) is 2. The standard InChI is InChI=1S/C21H18ClF2N5O9/c22-19-27-14(25)12-15(28-19)29(7-26-12)21(24)6-37-11(13(21)30)5-38-20(17(33)34,18(35)36)4-8-1-2-9(16(31)32)10(23)3-8/h1-3,7,11,13,30H,4-6H2,(H,31,32)(H,33,34)(H,35,36)(H2,25,27,28)/t11-,13-,21+/m1/s1. The Hall–Kier alpha value is -3.99. The summed E-state index contributed by atoms with van der Waals surface area (Å²) in [7, 11) is 0. The van der Waals surface area contributed by atoms with Gasteiger partial charge in [-0.05, 0) is 29.3 Å². The van der Waals surface area contributed by atoms with Crippen molar-refractivity contribution in [2.75, 3.05) is 18.9 Å². The molecule has 0 spiro atoms. The van der Waals surface area contributed by atoms with Crippen LogP contribution in [0.1, 0.15) is 15.9 Å². The molecule has 1 fully saturated rings. The van der Waals surface area contributed by atoms with Crippen molar-refractivity contribution in [2.24, 2.45) is 0 Å². The highest BCUT2D eigenvalue weighted by atomic mass is 35.5. The number of fused-ring (bicyclic) bond motifs is 1. The fraction of sp³-hybridized carbons (Fsp3) is 0.333. The molecule has 1 aliphatic heterocycles. The largest absolute Gasteiger partial charge is 0.479 e. The van der Waals surface area contributed by atoms with E-state index < -0.39 is 72.5 Å². The van der Waals surface area contributed by atoms with Crippen LogP contribution in [0.25, 0.3) is 11.2 Å². The number of benzene rings is 1. The van der Waals surface area contributed by atoms with E-state index in [9.17, 15) is 34.1 Å². The van der Waals surface area contributed by atoms with Crippen LogP contribution in [0.15, 0.2) is 24.5 Å². The van der Waals surface area contributed by atoms with Gasteiger partial charge in [0.1, 0.15) is 30.1 Å². The molecule has 0 radical (unpaired) electrons. The second-order valence-electron chi connectivity index (χ2n) is 8.32. The van der Waals surface area contributed by atoms with Crippen LogP contribution in [0, 0.1) is 5.82 Å². The van der Waals surface area contributed by atoms with Crippen LogP contribution in [-0.4, -0.2) is 88.9 Å². The van der Waals surface area contributed by atoms with Gasteiger partial charge in [0.2, 0.25) is 11.1 Å². The van der Waals surface area contributed by atoms with Gasteiger partial charge in [-0.15, -0.1) is 0 Å². The summed E-state index contributed by atoms with van der Waals surface area (Å²) in [6.07, 6.45) is -3.59. The molecule has 3 aromatic rings. The lowest BCUT2D eigenvalue weighted by atomic mass is 9.93. The first kappa shape index (κ1) is 27.1. The van der Waals surface area contributed by atoms with E-state index in [4.69, 9.17) is 31.9 Å². The quantitative estimate of drug-likeness (QED) is 0.178. The zero-order valence-corrected chi connectivity index (χ0v) is 19.7. The number of imidazole rings is 1. The Labute approximate surface area is 215 Å². The number of aromatic carboxylic acids is 1. The molecule has 0 unspecified atom stereocenters. The van der Waals surface area contributed by atoms with Crippen molar-refractivity contribution in [1.29, 1.82) is 0 Å². The fourth-order valence-corrected chi connectivity index (χ4v) is 4.15. The first-order valence-electron chi connectivity index (χ1n) is 10.6. The number of anilines is 1. The molecule has 0 saturated carbocycles. The van der Waals surface area contributed by atoms with Gasteiger partial charge in [0, 0.05) is 6.42 Å². The number of hydrogen-bond donors (Lipinski definition) is 5. The molecule has 0 aliphatic carbocycles. The molecule has 0 amide bonds. The second kappa shape index (κ2) is 9.71. The number of aliphatic hydroxyl groups is 1. The van der Waals surface area contributed by atoms with Crippen molar-refractivity contribution in [3.05, 3.63) is 46.8 Å². The van der Waals surface area contributed by atoms with Crippen LogP contribution in [0.4, 0.5) is 14.6 Å². The van der Waals surface area contributed by atoms with Crippen LogP contribution in [0.5, 0.6) is 0 Å². The Balaban J connectivity index is 1.58. The lowest BCUT2D eigenvalue weighted by molar-refractivity contribution is -0.188. The molecule has 1 aromatic carbocycles. The van der Waals surface area contributed by atoms with E-state index in [1.807, 2.05) is 0 Å². The molecule has 2 aromatic heterocycles. The van der Waals surface area contributed by atoms with Crippen molar-refractivity contribution in [1.82, 2.24) is 19.5 Å². The van der Waals surface area contributed by atoms with Crippen molar-refractivity contribution >= 4 is 46.5 Å². The van der Waals surface area contributed by atoms with Gasteiger partial charge in [0.15, 0.2) is 11.5 Å². The summed E-state index contributed by atoms with van der Waals surface area (Å²) < 4.78 is 41.3.